The molecule has 0 spiro atoms. The minimum atomic E-state index is -0.542. The molecule has 8 nitrogen and oxygen atoms in total. The molecule has 0 fully saturated rings. The maximum absolute atomic E-state index is 12.9. The van der Waals surface area contributed by atoms with Crippen molar-refractivity contribution in [2.45, 2.75) is 13.5 Å². The van der Waals surface area contributed by atoms with Gasteiger partial charge in [0.25, 0.3) is 5.56 Å². The summed E-state index contributed by atoms with van der Waals surface area (Å²) >= 11 is 0. The molecular weight excluding hydrogens is 358 g/mol. The molecule has 140 valence electrons. The number of ketones is 1. The van der Waals surface area contributed by atoms with Gasteiger partial charge in [0.2, 0.25) is 0 Å². The molecule has 0 radical (unpaired) electrons. The van der Waals surface area contributed by atoms with E-state index in [2.05, 4.69) is 15.4 Å². The van der Waals surface area contributed by atoms with E-state index in [9.17, 15) is 14.7 Å². The maximum atomic E-state index is 12.9. The highest BCUT2D eigenvalue weighted by atomic mass is 16.3. The molecule has 3 aromatic rings. The van der Waals surface area contributed by atoms with E-state index in [-0.39, 0.29) is 30.2 Å². The number of aliphatic hydroxyl groups excluding tert-OH is 1. The largest absolute Gasteiger partial charge is 0.394 e. The number of carbonyl (C=O) groups is 1. The SMILES string of the molecule is CC(=O)c1c(-c2ccncc2)nn(CCO)c(=O)c1Nc1cccc(C#N)c1. The van der Waals surface area contributed by atoms with E-state index in [1.807, 2.05) is 6.07 Å². The van der Waals surface area contributed by atoms with Gasteiger partial charge >= 0.3 is 0 Å². The quantitative estimate of drug-likeness (QED) is 0.633. The Bertz CT molecular complexity index is 1120. The molecule has 0 saturated carbocycles. The molecule has 3 rings (SSSR count). The molecule has 2 N–H and O–H groups in total. The van der Waals surface area contributed by atoms with Gasteiger partial charge in [0.1, 0.15) is 11.4 Å². The number of nitrogens with one attached hydrogen (secondary N) is 1. The fourth-order valence-electron chi connectivity index (χ4n) is 2.80. The van der Waals surface area contributed by atoms with E-state index in [0.29, 0.717) is 22.5 Å². The number of hydrogen-bond acceptors (Lipinski definition) is 7. The molecule has 8 heteroatoms. The first-order chi connectivity index (χ1) is 13.5. The van der Waals surface area contributed by atoms with Gasteiger partial charge in [-0.1, -0.05) is 6.07 Å². The molecule has 2 heterocycles. The molecule has 0 unspecified atom stereocenters. The van der Waals surface area contributed by atoms with Gasteiger partial charge in [0.05, 0.1) is 30.3 Å². The average molecular weight is 375 g/mol. The van der Waals surface area contributed by atoms with Crippen molar-refractivity contribution in [3.63, 3.8) is 0 Å². The Hall–Kier alpha value is -3.83. The molecule has 1 aromatic carbocycles. The number of hydrogen-bond donors (Lipinski definition) is 2. The number of aliphatic hydroxyl groups is 1. The van der Waals surface area contributed by atoms with Crippen molar-refractivity contribution in [3.05, 3.63) is 70.3 Å². The Kier molecular flexibility index (Phi) is 5.58. The molecule has 0 atom stereocenters. The van der Waals surface area contributed by atoms with Crippen molar-refractivity contribution >= 4 is 17.2 Å². The van der Waals surface area contributed by atoms with Crippen LogP contribution in [0.2, 0.25) is 0 Å². The standard InChI is InChI=1S/C20H17N5O3/c1-13(27)17-18(15-5-7-22-8-6-15)24-25(9-10-26)20(28)19(17)23-16-4-2-3-14(11-16)12-21/h2-8,11,23,26H,9-10H2,1H3. The molecule has 0 aliphatic rings. The van der Waals surface area contributed by atoms with Crippen molar-refractivity contribution in [2.24, 2.45) is 0 Å². The first-order valence-electron chi connectivity index (χ1n) is 8.49. The van der Waals surface area contributed by atoms with Crippen LogP contribution in [-0.4, -0.2) is 32.3 Å². The van der Waals surface area contributed by atoms with Crippen molar-refractivity contribution in [2.75, 3.05) is 11.9 Å². The van der Waals surface area contributed by atoms with Crippen molar-refractivity contribution < 1.29 is 9.90 Å². The summed E-state index contributed by atoms with van der Waals surface area (Å²) in [5.41, 5.74) is 1.45. The van der Waals surface area contributed by atoms with Gasteiger partial charge in [0.15, 0.2) is 5.78 Å². The number of anilines is 2. The molecule has 0 aliphatic carbocycles. The monoisotopic (exact) mass is 375 g/mol. The van der Waals surface area contributed by atoms with Gasteiger partial charge in [-0.2, -0.15) is 10.4 Å². The van der Waals surface area contributed by atoms with Crippen molar-refractivity contribution in [3.8, 4) is 17.3 Å². The molecule has 0 aliphatic heterocycles. The lowest BCUT2D eigenvalue weighted by atomic mass is 10.0. The van der Waals surface area contributed by atoms with Gasteiger partial charge in [-0.15, -0.1) is 0 Å². The van der Waals surface area contributed by atoms with Gasteiger partial charge in [-0.25, -0.2) is 4.68 Å². The number of benzene rings is 1. The minimum absolute atomic E-state index is 0.0258. The molecule has 2 aromatic heterocycles. The maximum Gasteiger partial charge on any atom is 0.291 e. The van der Waals surface area contributed by atoms with E-state index in [1.54, 1.807) is 48.8 Å². The first-order valence-corrected chi connectivity index (χ1v) is 8.49. The zero-order valence-electron chi connectivity index (χ0n) is 15.1. The smallest absolute Gasteiger partial charge is 0.291 e. The van der Waals surface area contributed by atoms with Crippen LogP contribution in [0, 0.1) is 11.3 Å². The zero-order valence-corrected chi connectivity index (χ0v) is 15.1. The second kappa shape index (κ2) is 8.24. The van der Waals surface area contributed by atoms with E-state index >= 15 is 0 Å². The van der Waals surface area contributed by atoms with Crippen molar-refractivity contribution in [1.29, 1.82) is 5.26 Å². The van der Waals surface area contributed by atoms with E-state index in [4.69, 9.17) is 5.26 Å². The van der Waals surface area contributed by atoms with Crippen LogP contribution in [0.1, 0.15) is 22.8 Å². The number of rotatable bonds is 6. The van der Waals surface area contributed by atoms with Crippen molar-refractivity contribution in [1.82, 2.24) is 14.8 Å². The number of Topliss-reactive ketones (excluding diaryl/α,β-unsaturated/α-hetero) is 1. The summed E-state index contributed by atoms with van der Waals surface area (Å²) in [6.07, 6.45) is 3.12. The highest BCUT2D eigenvalue weighted by molar-refractivity contribution is 6.05. The summed E-state index contributed by atoms with van der Waals surface area (Å²) in [6.45, 7) is 1.04. The summed E-state index contributed by atoms with van der Waals surface area (Å²) in [6, 6.07) is 12.0. The highest BCUT2D eigenvalue weighted by Crippen LogP contribution is 2.27. The number of pyridine rings is 1. The fraction of sp³-hybridized carbons (Fsp3) is 0.150. The van der Waals surface area contributed by atoms with E-state index in [1.165, 1.54) is 6.92 Å². The zero-order chi connectivity index (χ0) is 20.1. The summed E-state index contributed by atoms with van der Waals surface area (Å²) < 4.78 is 1.11. The second-order valence-corrected chi connectivity index (χ2v) is 5.96. The third-order valence-electron chi connectivity index (χ3n) is 4.03. The summed E-state index contributed by atoms with van der Waals surface area (Å²) in [5.74, 6) is -0.341. The average Bonchev–Trinajstić information content (AvgIpc) is 2.71. The van der Waals surface area contributed by atoms with Crippen LogP contribution in [-0.2, 0) is 6.54 Å². The summed E-state index contributed by atoms with van der Waals surface area (Å²) in [7, 11) is 0. The van der Waals surface area contributed by atoms with Crippen LogP contribution in [0.15, 0.2) is 53.6 Å². The Balaban J connectivity index is 2.27. The number of nitrogens with zero attached hydrogens (tertiary/aromatic N) is 4. The third-order valence-corrected chi connectivity index (χ3v) is 4.03. The van der Waals surface area contributed by atoms with Gasteiger partial charge in [-0.05, 0) is 37.3 Å². The number of aromatic nitrogens is 3. The molecule has 0 bridgehead atoms. The molecule has 0 amide bonds. The third kappa shape index (κ3) is 3.79. The van der Waals surface area contributed by atoms with E-state index in [0.717, 1.165) is 4.68 Å². The predicted octanol–water partition coefficient (Wildman–Crippen LogP) is 2.12. The van der Waals surface area contributed by atoms with Gasteiger partial charge in [0, 0.05) is 23.6 Å². The fourth-order valence-corrected chi connectivity index (χ4v) is 2.80. The predicted molar refractivity (Wildman–Crippen MR) is 103 cm³/mol. The van der Waals surface area contributed by atoms with Crippen LogP contribution in [0.4, 0.5) is 11.4 Å². The normalized spacial score (nSPS) is 10.3. The summed E-state index contributed by atoms with van der Waals surface area (Å²) in [5, 5.41) is 25.6. The van der Waals surface area contributed by atoms with Gasteiger partial charge in [-0.3, -0.25) is 14.6 Å². The lowest BCUT2D eigenvalue weighted by Crippen LogP contribution is -2.29. The van der Waals surface area contributed by atoms with E-state index < -0.39 is 5.56 Å². The Morgan fingerprint density at radius 3 is 2.68 bits per heavy atom. The minimum Gasteiger partial charge on any atom is -0.394 e. The lowest BCUT2D eigenvalue weighted by Gasteiger charge is -2.16. The summed E-state index contributed by atoms with van der Waals surface area (Å²) in [4.78, 5) is 29.3. The van der Waals surface area contributed by atoms with Crippen LogP contribution in [0.5, 0.6) is 0 Å². The van der Waals surface area contributed by atoms with Crippen LogP contribution >= 0.6 is 0 Å². The topological polar surface area (TPSA) is 121 Å². The molecule has 28 heavy (non-hydrogen) atoms. The first kappa shape index (κ1) is 18.9. The number of nitriles is 1. The highest BCUT2D eigenvalue weighted by Gasteiger charge is 2.22. The molecule has 0 saturated heterocycles. The number of carbonyl (C=O) groups excluding carboxylic acids is 1. The Labute approximate surface area is 160 Å². The molecular formula is C20H17N5O3. The Morgan fingerprint density at radius 1 is 1.29 bits per heavy atom. The lowest BCUT2D eigenvalue weighted by molar-refractivity contribution is 0.101. The van der Waals surface area contributed by atoms with Crippen LogP contribution in [0.3, 0.4) is 0 Å². The van der Waals surface area contributed by atoms with Crippen LogP contribution in [0.25, 0.3) is 11.3 Å². The van der Waals surface area contributed by atoms with Crippen LogP contribution < -0.4 is 10.9 Å². The van der Waals surface area contributed by atoms with Gasteiger partial charge < -0.3 is 10.4 Å². The second-order valence-electron chi connectivity index (χ2n) is 5.96. The Morgan fingerprint density at radius 2 is 2.04 bits per heavy atom.